The molecule has 76 valence electrons. The summed E-state index contributed by atoms with van der Waals surface area (Å²) >= 11 is 11.3. The van der Waals surface area contributed by atoms with Crippen LogP contribution in [0.15, 0.2) is 12.1 Å². The fourth-order valence-corrected chi connectivity index (χ4v) is 1.12. The van der Waals surface area contributed by atoms with Crippen LogP contribution in [-0.2, 0) is 4.74 Å². The van der Waals surface area contributed by atoms with Gasteiger partial charge in [-0.25, -0.2) is 9.78 Å². The fraction of sp³-hybridized carbons (Fsp3) is 0.250. The van der Waals surface area contributed by atoms with Crippen LogP contribution in [0.1, 0.15) is 17.4 Å². The number of aromatic nitrogens is 1. The van der Waals surface area contributed by atoms with E-state index in [1.54, 1.807) is 0 Å². The second-order valence-electron chi connectivity index (χ2n) is 2.57. The molecule has 1 heterocycles. The van der Waals surface area contributed by atoms with E-state index in [4.69, 9.17) is 33.7 Å². The molecule has 0 spiro atoms. The molecule has 0 radical (unpaired) electrons. The van der Waals surface area contributed by atoms with Crippen LogP contribution < -0.4 is 5.73 Å². The van der Waals surface area contributed by atoms with E-state index in [1.165, 1.54) is 19.1 Å². The lowest BCUT2D eigenvalue weighted by molar-refractivity contribution is 0.0348. The van der Waals surface area contributed by atoms with Crippen molar-refractivity contribution in [1.29, 1.82) is 0 Å². The molecule has 0 aliphatic carbocycles. The van der Waals surface area contributed by atoms with E-state index in [1.807, 2.05) is 0 Å². The molecule has 4 nitrogen and oxygen atoms in total. The normalized spacial score (nSPS) is 12.3. The van der Waals surface area contributed by atoms with Gasteiger partial charge in [0, 0.05) is 0 Å². The molecule has 0 aliphatic heterocycles. The van der Waals surface area contributed by atoms with Crippen LogP contribution in [0.4, 0.5) is 0 Å². The van der Waals surface area contributed by atoms with Gasteiger partial charge in [-0.2, -0.15) is 0 Å². The summed E-state index contributed by atoms with van der Waals surface area (Å²) in [6.07, 6.45) is -0.709. The zero-order valence-electron chi connectivity index (χ0n) is 7.33. The van der Waals surface area contributed by atoms with Gasteiger partial charge in [-0.05, 0) is 19.1 Å². The van der Waals surface area contributed by atoms with E-state index in [2.05, 4.69) is 4.98 Å². The van der Waals surface area contributed by atoms with E-state index in [0.717, 1.165) is 0 Å². The van der Waals surface area contributed by atoms with E-state index >= 15 is 0 Å². The molecule has 14 heavy (non-hydrogen) atoms. The largest absolute Gasteiger partial charge is 0.442 e. The minimum atomic E-state index is -0.709. The van der Waals surface area contributed by atoms with Crippen molar-refractivity contribution in [2.75, 3.05) is 0 Å². The Labute approximate surface area is 91.0 Å². The molecule has 1 unspecified atom stereocenters. The number of ether oxygens (including phenoxy) is 1. The molecular formula is C8H8Cl2N2O2. The fourth-order valence-electron chi connectivity index (χ4n) is 0.786. The maximum Gasteiger partial charge on any atom is 0.360 e. The number of rotatable bonds is 2. The van der Waals surface area contributed by atoms with Gasteiger partial charge in [0.15, 0.2) is 5.69 Å². The summed E-state index contributed by atoms with van der Waals surface area (Å²) in [5.41, 5.74) is 5.24. The third-order valence-corrected chi connectivity index (χ3v) is 1.81. The van der Waals surface area contributed by atoms with Crippen LogP contribution in [0.3, 0.4) is 0 Å². The molecule has 0 aromatic carbocycles. The van der Waals surface area contributed by atoms with Crippen LogP contribution >= 0.6 is 23.2 Å². The van der Waals surface area contributed by atoms with Crippen LogP contribution in [0.2, 0.25) is 10.2 Å². The average molecular weight is 235 g/mol. The molecule has 2 N–H and O–H groups in total. The Kier molecular flexibility index (Phi) is 3.69. The lowest BCUT2D eigenvalue weighted by atomic mass is 10.3. The third-order valence-electron chi connectivity index (χ3n) is 1.30. The summed E-state index contributed by atoms with van der Waals surface area (Å²) in [5.74, 6) is -0.688. The predicted molar refractivity (Wildman–Crippen MR) is 53.3 cm³/mol. The van der Waals surface area contributed by atoms with Crippen molar-refractivity contribution >= 4 is 29.2 Å². The topological polar surface area (TPSA) is 65.2 Å². The number of carbonyl (C=O) groups excluding carboxylic acids is 1. The van der Waals surface area contributed by atoms with Gasteiger partial charge in [-0.3, -0.25) is 5.73 Å². The maximum absolute atomic E-state index is 11.3. The minimum Gasteiger partial charge on any atom is -0.442 e. The molecule has 0 amide bonds. The smallest absolute Gasteiger partial charge is 0.360 e. The Morgan fingerprint density at radius 2 is 2.21 bits per heavy atom. The van der Waals surface area contributed by atoms with Crippen molar-refractivity contribution in [3.63, 3.8) is 0 Å². The van der Waals surface area contributed by atoms with Crippen LogP contribution in [0.5, 0.6) is 0 Å². The van der Waals surface area contributed by atoms with Crippen LogP contribution in [-0.4, -0.2) is 17.2 Å². The summed E-state index contributed by atoms with van der Waals surface area (Å²) in [6, 6.07) is 2.95. The highest BCUT2D eigenvalue weighted by Gasteiger charge is 2.15. The number of halogens is 2. The Hall–Kier alpha value is -0.840. The van der Waals surface area contributed by atoms with Gasteiger partial charge in [-0.15, -0.1) is 0 Å². The summed E-state index contributed by atoms with van der Waals surface area (Å²) < 4.78 is 4.71. The Balaban J connectivity index is 2.94. The first-order valence-electron chi connectivity index (χ1n) is 3.79. The SMILES string of the molecule is CC(N)OC(=O)c1nc(Cl)ccc1Cl. The Morgan fingerprint density at radius 1 is 1.57 bits per heavy atom. The van der Waals surface area contributed by atoms with E-state index in [9.17, 15) is 4.79 Å². The van der Waals surface area contributed by atoms with Crippen LogP contribution in [0.25, 0.3) is 0 Å². The highest BCUT2D eigenvalue weighted by molar-refractivity contribution is 6.34. The van der Waals surface area contributed by atoms with Crippen LogP contribution in [0, 0.1) is 0 Å². The Morgan fingerprint density at radius 3 is 2.79 bits per heavy atom. The van der Waals surface area contributed by atoms with Gasteiger partial charge in [0.2, 0.25) is 0 Å². The molecule has 1 rings (SSSR count). The number of hydrogen-bond donors (Lipinski definition) is 1. The van der Waals surface area contributed by atoms with Gasteiger partial charge >= 0.3 is 5.97 Å². The second kappa shape index (κ2) is 4.59. The van der Waals surface area contributed by atoms with Crippen molar-refractivity contribution in [1.82, 2.24) is 4.98 Å². The van der Waals surface area contributed by atoms with E-state index in [-0.39, 0.29) is 15.9 Å². The molecule has 6 heteroatoms. The first kappa shape index (κ1) is 11.2. The molecule has 1 atom stereocenters. The van der Waals surface area contributed by atoms with Gasteiger partial charge in [0.25, 0.3) is 0 Å². The predicted octanol–water partition coefficient (Wildman–Crippen LogP) is 1.85. The van der Waals surface area contributed by atoms with Crippen molar-refractivity contribution in [2.24, 2.45) is 5.73 Å². The number of nitrogens with zero attached hydrogens (tertiary/aromatic N) is 1. The summed E-state index contributed by atoms with van der Waals surface area (Å²) in [6.45, 7) is 1.52. The van der Waals surface area contributed by atoms with Crippen molar-refractivity contribution < 1.29 is 9.53 Å². The number of hydrogen-bond acceptors (Lipinski definition) is 4. The van der Waals surface area contributed by atoms with E-state index in [0.29, 0.717) is 0 Å². The van der Waals surface area contributed by atoms with Gasteiger partial charge in [0.1, 0.15) is 11.4 Å². The first-order chi connectivity index (χ1) is 6.50. The zero-order chi connectivity index (χ0) is 10.7. The number of carbonyl (C=O) groups is 1. The highest BCUT2D eigenvalue weighted by Crippen LogP contribution is 2.17. The highest BCUT2D eigenvalue weighted by atomic mass is 35.5. The molecule has 0 saturated heterocycles. The molecule has 0 aliphatic rings. The second-order valence-corrected chi connectivity index (χ2v) is 3.37. The average Bonchev–Trinajstić information content (AvgIpc) is 2.08. The van der Waals surface area contributed by atoms with Gasteiger partial charge in [-0.1, -0.05) is 23.2 Å². The summed E-state index contributed by atoms with van der Waals surface area (Å²) in [5, 5.41) is 0.353. The van der Waals surface area contributed by atoms with Gasteiger partial charge < -0.3 is 4.74 Å². The molecule has 1 aromatic heterocycles. The molecule has 0 bridgehead atoms. The maximum atomic E-state index is 11.3. The third kappa shape index (κ3) is 2.83. The molecule has 0 fully saturated rings. The quantitative estimate of drug-likeness (QED) is 0.482. The number of esters is 1. The lowest BCUT2D eigenvalue weighted by Crippen LogP contribution is -2.24. The number of pyridine rings is 1. The van der Waals surface area contributed by atoms with Crippen molar-refractivity contribution in [3.05, 3.63) is 28.0 Å². The first-order valence-corrected chi connectivity index (χ1v) is 4.55. The lowest BCUT2D eigenvalue weighted by Gasteiger charge is -2.07. The molecule has 1 aromatic rings. The molecular weight excluding hydrogens is 227 g/mol. The monoisotopic (exact) mass is 234 g/mol. The van der Waals surface area contributed by atoms with Crippen molar-refractivity contribution in [3.8, 4) is 0 Å². The van der Waals surface area contributed by atoms with Crippen molar-refractivity contribution in [2.45, 2.75) is 13.2 Å². The minimum absolute atomic E-state index is 0.0310. The zero-order valence-corrected chi connectivity index (χ0v) is 8.84. The standard InChI is InChI=1S/C8H8Cl2N2O2/c1-4(11)14-8(13)7-5(9)2-3-6(10)12-7/h2-4H,11H2,1H3. The number of nitrogens with two attached hydrogens (primary N) is 1. The van der Waals surface area contributed by atoms with E-state index < -0.39 is 12.2 Å². The Bertz CT molecular complexity index is 355. The van der Waals surface area contributed by atoms with Gasteiger partial charge in [0.05, 0.1) is 5.02 Å². The summed E-state index contributed by atoms with van der Waals surface area (Å²) in [4.78, 5) is 15.0. The molecule has 0 saturated carbocycles. The summed E-state index contributed by atoms with van der Waals surface area (Å²) in [7, 11) is 0.